The van der Waals surface area contributed by atoms with Gasteiger partial charge in [0.2, 0.25) is 0 Å². The Bertz CT molecular complexity index is 474. The molecule has 22 heavy (non-hydrogen) atoms. The van der Waals surface area contributed by atoms with Crippen LogP contribution in [0.15, 0.2) is 29.3 Å². The van der Waals surface area contributed by atoms with Crippen LogP contribution in [0.5, 0.6) is 5.75 Å². The molecule has 1 aromatic rings. The molecule has 1 aromatic carbocycles. The van der Waals surface area contributed by atoms with Gasteiger partial charge in [-0.15, -0.1) is 0 Å². The van der Waals surface area contributed by atoms with Crippen LogP contribution in [0, 0.1) is 5.82 Å². The summed E-state index contributed by atoms with van der Waals surface area (Å²) in [6.45, 7) is 0.477. The maximum absolute atomic E-state index is 12.7. The van der Waals surface area contributed by atoms with Crippen LogP contribution in [0.25, 0.3) is 0 Å². The Morgan fingerprint density at radius 2 is 1.91 bits per heavy atom. The van der Waals surface area contributed by atoms with Crippen LogP contribution in [0.2, 0.25) is 0 Å². The molecule has 124 valence electrons. The van der Waals surface area contributed by atoms with Crippen LogP contribution >= 0.6 is 0 Å². The van der Waals surface area contributed by atoms with Crippen LogP contribution < -0.4 is 10.1 Å². The maximum Gasteiger partial charge on any atom is 0.390 e. The number of alkyl halides is 3. The van der Waals surface area contributed by atoms with Gasteiger partial charge in [-0.3, -0.25) is 4.99 Å². The van der Waals surface area contributed by atoms with Gasteiger partial charge in [-0.2, -0.15) is 13.2 Å². The molecule has 0 radical (unpaired) electrons. The second-order valence-corrected chi connectivity index (χ2v) is 4.56. The first kappa shape index (κ1) is 18.1. The molecule has 0 spiro atoms. The zero-order chi connectivity index (χ0) is 16.6. The topological polar surface area (TPSA) is 36.9 Å². The van der Waals surface area contributed by atoms with E-state index in [1.807, 2.05) is 0 Å². The molecule has 0 heterocycles. The highest BCUT2D eigenvalue weighted by Gasteiger charge is 2.26. The van der Waals surface area contributed by atoms with Gasteiger partial charge >= 0.3 is 6.18 Å². The number of halogens is 4. The summed E-state index contributed by atoms with van der Waals surface area (Å²) in [6, 6.07) is 5.59. The number of guanidine groups is 1. The highest BCUT2D eigenvalue weighted by Crippen LogP contribution is 2.18. The number of hydrogen-bond acceptors (Lipinski definition) is 2. The van der Waals surface area contributed by atoms with Crippen molar-refractivity contribution in [1.82, 2.24) is 10.2 Å². The third-order valence-electron chi connectivity index (χ3n) is 2.77. The van der Waals surface area contributed by atoms with E-state index in [2.05, 4.69) is 10.3 Å². The van der Waals surface area contributed by atoms with Crippen molar-refractivity contribution >= 4 is 5.96 Å². The number of hydrogen-bond donors (Lipinski definition) is 1. The number of likely N-dealkylation sites (N-methyl/N-ethyl adjacent to an activating group) is 1. The smallest absolute Gasteiger partial charge is 0.390 e. The van der Waals surface area contributed by atoms with E-state index in [0.717, 1.165) is 0 Å². The van der Waals surface area contributed by atoms with Crippen molar-refractivity contribution in [3.63, 3.8) is 0 Å². The molecular formula is C14H19F4N3O. The van der Waals surface area contributed by atoms with Gasteiger partial charge < -0.3 is 15.0 Å². The summed E-state index contributed by atoms with van der Waals surface area (Å²) in [5.74, 6) is 0.528. The predicted molar refractivity (Wildman–Crippen MR) is 76.6 cm³/mol. The van der Waals surface area contributed by atoms with Gasteiger partial charge in [0.15, 0.2) is 5.96 Å². The fraction of sp³-hybridized carbons (Fsp3) is 0.500. The average molecular weight is 321 g/mol. The summed E-state index contributed by atoms with van der Waals surface area (Å²) in [4.78, 5) is 5.56. The Morgan fingerprint density at radius 3 is 2.45 bits per heavy atom. The van der Waals surface area contributed by atoms with E-state index in [-0.39, 0.29) is 12.4 Å². The minimum Gasteiger partial charge on any atom is -0.492 e. The van der Waals surface area contributed by atoms with Crippen LogP contribution in [-0.4, -0.2) is 50.8 Å². The molecule has 0 atom stereocenters. The normalized spacial score (nSPS) is 12.2. The Balaban J connectivity index is 2.32. The van der Waals surface area contributed by atoms with E-state index in [1.54, 1.807) is 11.9 Å². The van der Waals surface area contributed by atoms with Gasteiger partial charge in [0.05, 0.1) is 13.0 Å². The molecule has 0 aliphatic heterocycles. The fourth-order valence-electron chi connectivity index (χ4n) is 1.64. The first-order chi connectivity index (χ1) is 10.3. The SMILES string of the molecule is CN=C(NCCC(F)(F)F)N(C)CCOc1ccc(F)cc1. The summed E-state index contributed by atoms with van der Waals surface area (Å²) in [6.07, 6.45) is -5.12. The predicted octanol–water partition coefficient (Wildman–Crippen LogP) is 2.66. The lowest BCUT2D eigenvalue weighted by molar-refractivity contribution is -0.132. The highest BCUT2D eigenvalue weighted by atomic mass is 19.4. The van der Waals surface area contributed by atoms with Crippen molar-refractivity contribution in [2.75, 3.05) is 33.8 Å². The molecule has 0 unspecified atom stereocenters. The van der Waals surface area contributed by atoms with Crippen LogP contribution in [0.4, 0.5) is 17.6 Å². The van der Waals surface area contributed by atoms with Crippen molar-refractivity contribution in [3.8, 4) is 5.75 Å². The summed E-state index contributed by atoms with van der Waals surface area (Å²) < 4.78 is 54.4. The molecule has 8 heteroatoms. The number of aliphatic imine (C=N–C) groups is 1. The highest BCUT2D eigenvalue weighted by molar-refractivity contribution is 5.79. The molecule has 1 N–H and O–H groups in total. The van der Waals surface area contributed by atoms with Gasteiger partial charge in [0.25, 0.3) is 0 Å². The zero-order valence-electron chi connectivity index (χ0n) is 12.5. The lowest BCUT2D eigenvalue weighted by atomic mass is 10.3. The number of rotatable bonds is 6. The van der Waals surface area contributed by atoms with Crippen LogP contribution in [-0.2, 0) is 0 Å². The second-order valence-electron chi connectivity index (χ2n) is 4.56. The Morgan fingerprint density at radius 1 is 1.27 bits per heavy atom. The fourth-order valence-corrected chi connectivity index (χ4v) is 1.64. The van der Waals surface area contributed by atoms with Crippen molar-refractivity contribution < 1.29 is 22.3 Å². The summed E-state index contributed by atoms with van der Waals surface area (Å²) in [5.41, 5.74) is 0. The van der Waals surface area contributed by atoms with E-state index < -0.39 is 12.6 Å². The molecule has 0 aliphatic rings. The molecule has 0 saturated carbocycles. The summed E-state index contributed by atoms with van der Waals surface area (Å²) in [7, 11) is 3.18. The molecule has 1 rings (SSSR count). The Labute approximate surface area is 126 Å². The minimum atomic E-state index is -4.20. The second kappa shape index (κ2) is 8.45. The molecule has 0 amide bonds. The lowest BCUT2D eigenvalue weighted by Crippen LogP contribution is -2.42. The van der Waals surface area contributed by atoms with Crippen molar-refractivity contribution in [1.29, 1.82) is 0 Å². The van der Waals surface area contributed by atoms with Crippen molar-refractivity contribution in [3.05, 3.63) is 30.1 Å². The average Bonchev–Trinajstić information content (AvgIpc) is 2.44. The van der Waals surface area contributed by atoms with Gasteiger partial charge in [-0.05, 0) is 24.3 Å². The maximum atomic E-state index is 12.7. The Hall–Kier alpha value is -1.99. The number of nitrogens with one attached hydrogen (secondary N) is 1. The van der Waals surface area contributed by atoms with E-state index in [9.17, 15) is 17.6 Å². The largest absolute Gasteiger partial charge is 0.492 e. The number of benzene rings is 1. The first-order valence-corrected chi connectivity index (χ1v) is 6.69. The number of nitrogens with zero attached hydrogens (tertiary/aromatic N) is 2. The monoisotopic (exact) mass is 321 g/mol. The summed E-state index contributed by atoms with van der Waals surface area (Å²) >= 11 is 0. The molecule has 0 saturated heterocycles. The molecule has 0 bridgehead atoms. The minimum absolute atomic E-state index is 0.237. The van der Waals surface area contributed by atoms with Crippen LogP contribution in [0.1, 0.15) is 6.42 Å². The quantitative estimate of drug-likeness (QED) is 0.497. The molecule has 0 aromatic heterocycles. The van der Waals surface area contributed by atoms with Crippen molar-refractivity contribution in [2.24, 2.45) is 4.99 Å². The third-order valence-corrected chi connectivity index (χ3v) is 2.77. The zero-order valence-corrected chi connectivity index (χ0v) is 12.5. The van der Waals surface area contributed by atoms with Crippen LogP contribution in [0.3, 0.4) is 0 Å². The van der Waals surface area contributed by atoms with E-state index in [1.165, 1.54) is 31.3 Å². The molecule has 0 fully saturated rings. The lowest BCUT2D eigenvalue weighted by Gasteiger charge is -2.22. The molecule has 0 aliphatic carbocycles. The van der Waals surface area contributed by atoms with Crippen molar-refractivity contribution in [2.45, 2.75) is 12.6 Å². The summed E-state index contributed by atoms with van der Waals surface area (Å²) in [5, 5.41) is 2.63. The first-order valence-electron chi connectivity index (χ1n) is 6.69. The number of ether oxygens (including phenoxy) is 1. The molecule has 4 nitrogen and oxygen atoms in total. The van der Waals surface area contributed by atoms with Gasteiger partial charge in [-0.25, -0.2) is 4.39 Å². The standard InChI is InChI=1S/C14H19F4N3O/c1-19-13(20-8-7-14(16,17)18)21(2)9-10-22-12-5-3-11(15)4-6-12/h3-6H,7-10H2,1-2H3,(H,19,20). The molecular weight excluding hydrogens is 302 g/mol. The van der Waals surface area contributed by atoms with E-state index >= 15 is 0 Å². The Kier molecular flexibility index (Phi) is 6.94. The van der Waals surface area contributed by atoms with Gasteiger partial charge in [-0.1, -0.05) is 0 Å². The van der Waals surface area contributed by atoms with Gasteiger partial charge in [0.1, 0.15) is 18.2 Å². The third kappa shape index (κ3) is 7.14. The van der Waals surface area contributed by atoms with E-state index in [4.69, 9.17) is 4.74 Å². The van der Waals surface area contributed by atoms with Gasteiger partial charge in [0, 0.05) is 20.6 Å². The van der Waals surface area contributed by atoms with E-state index in [0.29, 0.717) is 24.9 Å².